The first kappa shape index (κ1) is 29.1. The van der Waals surface area contributed by atoms with Crippen LogP contribution in [0.2, 0.25) is 0 Å². The Morgan fingerprint density at radius 1 is 1.14 bits per heavy atom. The van der Waals surface area contributed by atoms with E-state index in [1.807, 2.05) is 0 Å². The van der Waals surface area contributed by atoms with Crippen LogP contribution in [-0.4, -0.2) is 56.0 Å². The van der Waals surface area contributed by atoms with Gasteiger partial charge in [0.05, 0.1) is 18.9 Å². The first-order chi connectivity index (χ1) is 20.0. The molecule has 3 aromatic rings. The van der Waals surface area contributed by atoms with Gasteiger partial charge < -0.3 is 25.3 Å². The molecule has 1 fully saturated rings. The molecule has 0 radical (unpaired) electrons. The number of rotatable bonds is 10. The number of nitrogens with zero attached hydrogens (tertiary/aromatic N) is 1. The standard InChI is InChI=1S/C29H26F5N3O5/c1-40-23-10-16(4-9-22(23)42-18-7-8-18)26(38)36-12-20(29(32,33)34)21-11-19-25(41-14-28(19,13-30)27(35)39)24(37-21)15-2-5-17(31)6-3-15/h2-6,9-11,18,20H,7-8,12-14H2,1H3,(H2,35,39)(H,36,38)/t20-,28-/m1/s1. The second kappa shape index (κ2) is 11.1. The van der Waals surface area contributed by atoms with E-state index in [0.717, 1.165) is 31.0 Å². The Morgan fingerprint density at radius 3 is 2.45 bits per heavy atom. The molecule has 2 aliphatic rings. The van der Waals surface area contributed by atoms with Crippen molar-refractivity contribution >= 4 is 11.8 Å². The number of aromatic nitrogens is 1. The van der Waals surface area contributed by atoms with E-state index in [-0.39, 0.29) is 40.0 Å². The topological polar surface area (TPSA) is 113 Å². The Kier molecular flexibility index (Phi) is 7.69. The summed E-state index contributed by atoms with van der Waals surface area (Å²) >= 11 is 0. The summed E-state index contributed by atoms with van der Waals surface area (Å²) in [5.74, 6) is -4.41. The number of amides is 2. The van der Waals surface area contributed by atoms with Gasteiger partial charge in [-0.2, -0.15) is 13.2 Å². The number of halogens is 5. The fraction of sp³-hybridized carbons (Fsp3) is 0.345. The Bertz CT molecular complexity index is 1510. The van der Waals surface area contributed by atoms with Crippen LogP contribution in [0.5, 0.6) is 17.2 Å². The minimum Gasteiger partial charge on any atom is -0.493 e. The number of hydrogen-bond donors (Lipinski definition) is 2. The molecule has 3 N–H and O–H groups in total. The van der Waals surface area contributed by atoms with Gasteiger partial charge in [0.2, 0.25) is 5.91 Å². The van der Waals surface area contributed by atoms with Crippen molar-refractivity contribution in [2.75, 3.05) is 26.9 Å². The van der Waals surface area contributed by atoms with Gasteiger partial charge in [-0.3, -0.25) is 9.59 Å². The van der Waals surface area contributed by atoms with E-state index >= 15 is 0 Å². The lowest BCUT2D eigenvalue weighted by atomic mass is 9.81. The second-order valence-corrected chi connectivity index (χ2v) is 10.1. The Morgan fingerprint density at radius 2 is 1.86 bits per heavy atom. The van der Waals surface area contributed by atoms with E-state index in [2.05, 4.69) is 10.3 Å². The molecule has 2 aromatic carbocycles. The molecule has 0 unspecified atom stereocenters. The van der Waals surface area contributed by atoms with Gasteiger partial charge in [0.1, 0.15) is 41.9 Å². The molecule has 2 heterocycles. The number of fused-ring (bicyclic) bond motifs is 1. The van der Waals surface area contributed by atoms with E-state index in [0.29, 0.717) is 5.75 Å². The zero-order chi connectivity index (χ0) is 30.2. The van der Waals surface area contributed by atoms with Gasteiger partial charge in [0.25, 0.3) is 5.91 Å². The maximum Gasteiger partial charge on any atom is 0.398 e. The van der Waals surface area contributed by atoms with E-state index in [9.17, 15) is 31.5 Å². The largest absolute Gasteiger partial charge is 0.493 e. The number of alkyl halides is 4. The van der Waals surface area contributed by atoms with Gasteiger partial charge in [-0.05, 0) is 61.4 Å². The highest BCUT2D eigenvalue weighted by atomic mass is 19.4. The summed E-state index contributed by atoms with van der Waals surface area (Å²) < 4.78 is 87.8. The normalized spacial score (nSPS) is 18.5. The third-order valence-corrected chi connectivity index (χ3v) is 7.25. The lowest BCUT2D eigenvalue weighted by Gasteiger charge is -2.24. The van der Waals surface area contributed by atoms with Gasteiger partial charge in [0, 0.05) is 23.2 Å². The summed E-state index contributed by atoms with van der Waals surface area (Å²) in [6.07, 6.45) is -3.09. The molecule has 2 amide bonds. The van der Waals surface area contributed by atoms with Crippen LogP contribution in [0.1, 0.15) is 40.4 Å². The molecule has 222 valence electrons. The van der Waals surface area contributed by atoms with Crippen molar-refractivity contribution in [3.8, 4) is 28.5 Å². The van der Waals surface area contributed by atoms with Crippen molar-refractivity contribution in [3.63, 3.8) is 0 Å². The minimum absolute atomic E-state index is 0.0309. The fourth-order valence-corrected chi connectivity index (χ4v) is 4.65. The third-order valence-electron chi connectivity index (χ3n) is 7.25. The van der Waals surface area contributed by atoms with Crippen molar-refractivity contribution in [2.45, 2.75) is 36.5 Å². The SMILES string of the molecule is COc1cc(C(=O)NC[C@H](c2cc3c(c(-c4ccc(F)cc4)n2)OC[C@@]3(CF)C(N)=O)C(F)(F)F)ccc1OC1CC1. The number of pyridine rings is 1. The summed E-state index contributed by atoms with van der Waals surface area (Å²) in [7, 11) is 1.38. The summed E-state index contributed by atoms with van der Waals surface area (Å²) in [6.45, 7) is -2.83. The average Bonchev–Trinajstić information content (AvgIpc) is 3.69. The predicted molar refractivity (Wildman–Crippen MR) is 140 cm³/mol. The number of methoxy groups -OCH3 is 1. The number of nitrogens with two attached hydrogens (primary N) is 1. The number of carbonyl (C=O) groups excluding carboxylic acids is 2. The average molecular weight is 592 g/mol. The monoisotopic (exact) mass is 591 g/mol. The Hall–Kier alpha value is -4.42. The van der Waals surface area contributed by atoms with Gasteiger partial charge >= 0.3 is 6.18 Å². The molecule has 5 rings (SSSR count). The van der Waals surface area contributed by atoms with Crippen LogP contribution in [-0.2, 0) is 10.2 Å². The Labute approximate surface area is 237 Å². The van der Waals surface area contributed by atoms with Crippen molar-refractivity contribution < 1.29 is 45.8 Å². The number of carbonyl (C=O) groups is 2. The predicted octanol–water partition coefficient (Wildman–Crippen LogP) is 4.60. The fourth-order valence-electron chi connectivity index (χ4n) is 4.65. The quantitative estimate of drug-likeness (QED) is 0.334. The molecule has 42 heavy (non-hydrogen) atoms. The van der Waals surface area contributed by atoms with Crippen LogP contribution in [0.4, 0.5) is 22.0 Å². The lowest BCUT2D eigenvalue weighted by molar-refractivity contribution is -0.149. The van der Waals surface area contributed by atoms with Crippen LogP contribution in [0.15, 0.2) is 48.5 Å². The first-order valence-electron chi connectivity index (χ1n) is 13.0. The molecule has 0 spiro atoms. The number of nitrogens with one attached hydrogen (secondary N) is 1. The molecule has 1 aliphatic carbocycles. The molecule has 0 saturated heterocycles. The van der Waals surface area contributed by atoms with Crippen LogP contribution >= 0.6 is 0 Å². The molecular weight excluding hydrogens is 565 g/mol. The van der Waals surface area contributed by atoms with Crippen LogP contribution in [0.3, 0.4) is 0 Å². The van der Waals surface area contributed by atoms with E-state index < -0.39 is 60.7 Å². The molecule has 1 aromatic heterocycles. The minimum atomic E-state index is -4.93. The van der Waals surface area contributed by atoms with Gasteiger partial charge in [-0.1, -0.05) is 0 Å². The van der Waals surface area contributed by atoms with Crippen LogP contribution in [0, 0.1) is 5.82 Å². The van der Waals surface area contributed by atoms with Crippen LogP contribution in [0.25, 0.3) is 11.3 Å². The van der Waals surface area contributed by atoms with Gasteiger partial charge in [0.15, 0.2) is 11.5 Å². The summed E-state index contributed by atoms with van der Waals surface area (Å²) in [4.78, 5) is 29.4. The van der Waals surface area contributed by atoms with E-state index in [1.165, 1.54) is 37.4 Å². The molecule has 13 heteroatoms. The molecule has 8 nitrogen and oxygen atoms in total. The number of benzene rings is 2. The number of primary amides is 1. The highest BCUT2D eigenvalue weighted by molar-refractivity contribution is 5.95. The van der Waals surface area contributed by atoms with Crippen molar-refractivity contribution in [3.05, 3.63) is 71.2 Å². The highest BCUT2D eigenvalue weighted by Gasteiger charge is 2.50. The molecule has 0 bridgehead atoms. The number of hydrogen-bond acceptors (Lipinski definition) is 6. The maximum atomic E-state index is 14.5. The van der Waals surface area contributed by atoms with Gasteiger partial charge in [-0.25, -0.2) is 13.8 Å². The third kappa shape index (κ3) is 5.55. The second-order valence-electron chi connectivity index (χ2n) is 10.1. The number of ether oxygens (including phenoxy) is 3. The van der Waals surface area contributed by atoms with Crippen molar-refractivity contribution in [1.29, 1.82) is 0 Å². The maximum absolute atomic E-state index is 14.5. The zero-order valence-corrected chi connectivity index (χ0v) is 22.3. The molecular formula is C29H26F5N3O5. The van der Waals surface area contributed by atoms with Crippen LogP contribution < -0.4 is 25.3 Å². The summed E-state index contributed by atoms with van der Waals surface area (Å²) in [6, 6.07) is 9.85. The summed E-state index contributed by atoms with van der Waals surface area (Å²) in [5.41, 5.74) is 2.64. The molecule has 1 saturated carbocycles. The van der Waals surface area contributed by atoms with E-state index in [4.69, 9.17) is 19.9 Å². The van der Waals surface area contributed by atoms with Crippen molar-refractivity contribution in [1.82, 2.24) is 10.3 Å². The summed E-state index contributed by atoms with van der Waals surface area (Å²) in [5, 5.41) is 2.28. The molecule has 1 aliphatic heterocycles. The smallest absolute Gasteiger partial charge is 0.398 e. The molecule has 2 atom stereocenters. The Balaban J connectivity index is 1.50. The van der Waals surface area contributed by atoms with Gasteiger partial charge in [-0.15, -0.1) is 0 Å². The highest BCUT2D eigenvalue weighted by Crippen LogP contribution is 2.47. The first-order valence-corrected chi connectivity index (χ1v) is 13.0. The van der Waals surface area contributed by atoms with E-state index in [1.54, 1.807) is 0 Å². The lowest BCUT2D eigenvalue weighted by Crippen LogP contribution is -2.44. The zero-order valence-electron chi connectivity index (χ0n) is 22.3. The van der Waals surface area contributed by atoms with Crippen molar-refractivity contribution in [2.24, 2.45) is 5.73 Å².